The van der Waals surface area contributed by atoms with Gasteiger partial charge in [-0.25, -0.2) is 17.5 Å². The van der Waals surface area contributed by atoms with Gasteiger partial charge in [-0.2, -0.15) is 0 Å². The molecule has 1 heterocycles. The molecule has 0 fully saturated rings. The van der Waals surface area contributed by atoms with E-state index in [1.165, 1.54) is 12.4 Å². The molecule has 0 aliphatic rings. The molecule has 2 rings (SSSR count). The Morgan fingerprint density at radius 3 is 2.27 bits per heavy atom. The van der Waals surface area contributed by atoms with Gasteiger partial charge in [-0.1, -0.05) is 48.7 Å². The van der Waals surface area contributed by atoms with Gasteiger partial charge in [0.25, 0.3) is 0 Å². The zero-order chi connectivity index (χ0) is 19.5. The molecule has 26 heavy (non-hydrogen) atoms. The average molecular weight is 441 g/mol. The molecule has 2 aromatic rings. The first-order valence-corrected chi connectivity index (χ1v) is 10.1. The van der Waals surface area contributed by atoms with Crippen molar-refractivity contribution >= 4 is 50.5 Å². The maximum absolute atomic E-state index is 13.2. The largest absolute Gasteiger partial charge is 0.382 e. The van der Waals surface area contributed by atoms with Crippen molar-refractivity contribution in [3.63, 3.8) is 0 Å². The van der Waals surface area contributed by atoms with Crippen LogP contribution >= 0.6 is 34.8 Å². The molecule has 0 spiro atoms. The standard InChI is InChI=1S/C16H17Cl3FN3O2S/c1-16(2,8-22-15-12(18)6-21-7-13(15)19)9-23-26(24,25)10-3-4-14(20)11(17)5-10/h3-7,23H,8-9H2,1-2H3,(H,21,22). The van der Waals surface area contributed by atoms with Crippen LogP contribution in [0.2, 0.25) is 15.1 Å². The minimum atomic E-state index is -3.82. The smallest absolute Gasteiger partial charge is 0.240 e. The summed E-state index contributed by atoms with van der Waals surface area (Å²) in [7, 11) is -3.82. The quantitative estimate of drug-likeness (QED) is 0.660. The van der Waals surface area contributed by atoms with Crippen LogP contribution in [-0.2, 0) is 10.0 Å². The van der Waals surface area contributed by atoms with E-state index in [1.807, 2.05) is 13.8 Å². The lowest BCUT2D eigenvalue weighted by molar-refractivity contribution is 0.387. The Morgan fingerprint density at radius 1 is 1.08 bits per heavy atom. The Labute approximate surface area is 166 Å². The van der Waals surface area contributed by atoms with Gasteiger partial charge in [0.05, 0.1) is 25.7 Å². The predicted octanol–water partition coefficient (Wildman–Crippen LogP) is 4.60. The highest BCUT2D eigenvalue weighted by atomic mass is 35.5. The van der Waals surface area contributed by atoms with Gasteiger partial charge in [-0.05, 0) is 23.6 Å². The molecule has 0 saturated heterocycles. The average Bonchev–Trinajstić information content (AvgIpc) is 2.55. The number of aromatic nitrogens is 1. The van der Waals surface area contributed by atoms with Gasteiger partial charge in [0.15, 0.2) is 0 Å². The highest BCUT2D eigenvalue weighted by Crippen LogP contribution is 2.30. The van der Waals surface area contributed by atoms with Crippen molar-refractivity contribution in [2.75, 3.05) is 18.4 Å². The molecule has 0 amide bonds. The van der Waals surface area contributed by atoms with Gasteiger partial charge in [0.2, 0.25) is 10.0 Å². The maximum Gasteiger partial charge on any atom is 0.240 e. The van der Waals surface area contributed by atoms with Crippen molar-refractivity contribution < 1.29 is 12.8 Å². The number of rotatable bonds is 7. The number of sulfonamides is 1. The first-order valence-electron chi connectivity index (χ1n) is 7.49. The number of pyridine rings is 1. The predicted molar refractivity (Wildman–Crippen MR) is 103 cm³/mol. The summed E-state index contributed by atoms with van der Waals surface area (Å²) in [6, 6.07) is 3.24. The number of halogens is 4. The molecule has 1 aromatic carbocycles. The first kappa shape index (κ1) is 21.2. The third kappa shape index (κ3) is 5.44. The molecule has 0 atom stereocenters. The van der Waals surface area contributed by atoms with E-state index >= 15 is 0 Å². The molecule has 0 aliphatic carbocycles. The van der Waals surface area contributed by atoms with E-state index in [4.69, 9.17) is 34.8 Å². The van der Waals surface area contributed by atoms with Gasteiger partial charge in [0, 0.05) is 25.5 Å². The fraction of sp³-hybridized carbons (Fsp3) is 0.312. The molecular formula is C16H17Cl3FN3O2S. The van der Waals surface area contributed by atoms with Crippen molar-refractivity contribution in [2.24, 2.45) is 5.41 Å². The van der Waals surface area contributed by atoms with Crippen LogP contribution in [0.3, 0.4) is 0 Å². The lowest BCUT2D eigenvalue weighted by Gasteiger charge is -2.26. The third-order valence-corrected chi connectivity index (χ3v) is 5.80. The Kier molecular flexibility index (Phi) is 6.74. The van der Waals surface area contributed by atoms with Crippen LogP contribution in [0.25, 0.3) is 0 Å². The molecular weight excluding hydrogens is 424 g/mol. The molecule has 2 N–H and O–H groups in total. The van der Waals surface area contributed by atoms with E-state index in [0.717, 1.165) is 18.2 Å². The van der Waals surface area contributed by atoms with E-state index in [-0.39, 0.29) is 16.5 Å². The first-order chi connectivity index (χ1) is 12.0. The highest BCUT2D eigenvalue weighted by molar-refractivity contribution is 7.89. The second-order valence-electron chi connectivity index (χ2n) is 6.40. The monoisotopic (exact) mass is 439 g/mol. The van der Waals surface area contributed by atoms with Gasteiger partial charge >= 0.3 is 0 Å². The van der Waals surface area contributed by atoms with Crippen molar-refractivity contribution in [2.45, 2.75) is 18.7 Å². The van der Waals surface area contributed by atoms with E-state index < -0.39 is 21.3 Å². The third-order valence-electron chi connectivity index (χ3n) is 3.54. The Balaban J connectivity index is 2.03. The molecule has 142 valence electrons. The minimum absolute atomic E-state index is 0.104. The zero-order valence-electron chi connectivity index (χ0n) is 14.0. The molecule has 0 aliphatic heterocycles. The van der Waals surface area contributed by atoms with Crippen molar-refractivity contribution in [1.29, 1.82) is 0 Å². The lowest BCUT2D eigenvalue weighted by atomic mass is 9.94. The van der Waals surface area contributed by atoms with Crippen LogP contribution in [0.5, 0.6) is 0 Å². The van der Waals surface area contributed by atoms with Crippen molar-refractivity contribution in [3.8, 4) is 0 Å². The van der Waals surface area contributed by atoms with E-state index in [0.29, 0.717) is 22.3 Å². The number of benzene rings is 1. The summed E-state index contributed by atoms with van der Waals surface area (Å²) >= 11 is 17.8. The fourth-order valence-electron chi connectivity index (χ4n) is 1.99. The summed E-state index contributed by atoms with van der Waals surface area (Å²) in [4.78, 5) is 3.77. The molecule has 1 aromatic heterocycles. The number of nitrogens with zero attached hydrogens (tertiary/aromatic N) is 1. The summed E-state index contributed by atoms with van der Waals surface area (Å²) in [5, 5.41) is 3.59. The molecule has 5 nitrogen and oxygen atoms in total. The van der Waals surface area contributed by atoms with Gasteiger partial charge < -0.3 is 5.32 Å². The topological polar surface area (TPSA) is 71.1 Å². The Morgan fingerprint density at radius 2 is 1.69 bits per heavy atom. The second kappa shape index (κ2) is 8.27. The number of nitrogens with one attached hydrogen (secondary N) is 2. The summed E-state index contributed by atoms with van der Waals surface area (Å²) in [6.45, 7) is 4.24. The second-order valence-corrected chi connectivity index (χ2v) is 9.38. The molecule has 0 bridgehead atoms. The fourth-order valence-corrected chi connectivity index (χ4v) is 4.00. The number of hydrogen-bond donors (Lipinski definition) is 2. The zero-order valence-corrected chi connectivity index (χ0v) is 17.1. The normalized spacial score (nSPS) is 12.2. The summed E-state index contributed by atoms with van der Waals surface area (Å²) in [6.07, 6.45) is 2.92. The van der Waals surface area contributed by atoms with Crippen LogP contribution in [-0.4, -0.2) is 26.5 Å². The van der Waals surface area contributed by atoms with E-state index in [2.05, 4.69) is 15.0 Å². The SMILES string of the molecule is CC(C)(CNc1c(Cl)cncc1Cl)CNS(=O)(=O)c1ccc(F)c(Cl)c1. The van der Waals surface area contributed by atoms with Crippen LogP contribution in [0.1, 0.15) is 13.8 Å². The molecule has 10 heteroatoms. The van der Waals surface area contributed by atoms with Crippen molar-refractivity contribution in [3.05, 3.63) is 51.5 Å². The van der Waals surface area contributed by atoms with Crippen LogP contribution in [0, 0.1) is 11.2 Å². The summed E-state index contributed by atoms with van der Waals surface area (Å²) < 4.78 is 40.4. The molecule has 0 radical (unpaired) electrons. The number of hydrogen-bond acceptors (Lipinski definition) is 4. The number of anilines is 1. The Bertz CT molecular complexity index is 887. The Hall–Kier alpha value is -1.12. The summed E-state index contributed by atoms with van der Waals surface area (Å²) in [5.74, 6) is -0.679. The van der Waals surface area contributed by atoms with Gasteiger partial charge in [-0.15, -0.1) is 0 Å². The maximum atomic E-state index is 13.2. The van der Waals surface area contributed by atoms with E-state index in [9.17, 15) is 12.8 Å². The minimum Gasteiger partial charge on any atom is -0.382 e. The van der Waals surface area contributed by atoms with Gasteiger partial charge in [-0.3, -0.25) is 4.98 Å². The summed E-state index contributed by atoms with van der Waals surface area (Å²) in [5.41, 5.74) is 0.0527. The van der Waals surface area contributed by atoms with Crippen molar-refractivity contribution in [1.82, 2.24) is 9.71 Å². The molecule has 0 unspecified atom stereocenters. The van der Waals surface area contributed by atoms with Gasteiger partial charge in [0.1, 0.15) is 5.82 Å². The van der Waals surface area contributed by atoms with Crippen LogP contribution in [0.4, 0.5) is 10.1 Å². The lowest BCUT2D eigenvalue weighted by Crippen LogP contribution is -2.38. The highest BCUT2D eigenvalue weighted by Gasteiger charge is 2.23. The van der Waals surface area contributed by atoms with Crippen LogP contribution < -0.4 is 10.0 Å². The molecule has 0 saturated carbocycles. The van der Waals surface area contributed by atoms with E-state index in [1.54, 1.807) is 0 Å². The van der Waals surface area contributed by atoms with Crippen LogP contribution in [0.15, 0.2) is 35.5 Å².